The molecular formula is C17H27ClN2. The van der Waals surface area contributed by atoms with Crippen molar-refractivity contribution in [2.75, 3.05) is 14.1 Å². The summed E-state index contributed by atoms with van der Waals surface area (Å²) in [6.45, 7) is 2.35. The van der Waals surface area contributed by atoms with Crippen LogP contribution < -0.4 is 5.73 Å². The summed E-state index contributed by atoms with van der Waals surface area (Å²) >= 11 is 6.08. The maximum absolute atomic E-state index is 6.63. The van der Waals surface area contributed by atoms with Crippen LogP contribution >= 0.6 is 11.6 Å². The summed E-state index contributed by atoms with van der Waals surface area (Å²) in [6.07, 6.45) is 5.85. The van der Waals surface area contributed by atoms with Crippen molar-refractivity contribution in [3.8, 4) is 0 Å². The maximum Gasteiger partial charge on any atom is 0.0408 e. The SMILES string of the molecule is CC1CCC(C(N)Cc2cccc(Cl)c2)(N(C)C)CC1. The summed E-state index contributed by atoms with van der Waals surface area (Å²) in [4.78, 5) is 2.36. The lowest BCUT2D eigenvalue weighted by Gasteiger charge is -2.48. The molecule has 0 bridgehead atoms. The van der Waals surface area contributed by atoms with Crippen molar-refractivity contribution in [2.45, 2.75) is 50.6 Å². The molecule has 1 aromatic carbocycles. The predicted molar refractivity (Wildman–Crippen MR) is 87.2 cm³/mol. The fraction of sp³-hybridized carbons (Fsp3) is 0.647. The second-order valence-corrected chi connectivity index (χ2v) is 7.06. The van der Waals surface area contributed by atoms with Gasteiger partial charge in [0.2, 0.25) is 0 Å². The van der Waals surface area contributed by atoms with Crippen LogP contribution in [0, 0.1) is 5.92 Å². The lowest BCUT2D eigenvalue weighted by Crippen LogP contribution is -2.59. The van der Waals surface area contributed by atoms with Gasteiger partial charge in [0.15, 0.2) is 0 Å². The van der Waals surface area contributed by atoms with Gasteiger partial charge in [0.1, 0.15) is 0 Å². The Morgan fingerprint density at radius 3 is 2.55 bits per heavy atom. The van der Waals surface area contributed by atoms with Crippen LogP contribution in [0.2, 0.25) is 5.02 Å². The van der Waals surface area contributed by atoms with Gasteiger partial charge in [-0.3, -0.25) is 0 Å². The Hall–Kier alpha value is -0.570. The third kappa shape index (κ3) is 3.36. The zero-order valence-electron chi connectivity index (χ0n) is 12.9. The minimum atomic E-state index is 0.134. The average Bonchev–Trinajstić information content (AvgIpc) is 2.39. The lowest BCUT2D eigenvalue weighted by molar-refractivity contribution is 0.0568. The molecule has 1 aliphatic carbocycles. The van der Waals surface area contributed by atoms with E-state index < -0.39 is 0 Å². The van der Waals surface area contributed by atoms with E-state index in [4.69, 9.17) is 17.3 Å². The highest BCUT2D eigenvalue weighted by molar-refractivity contribution is 6.30. The predicted octanol–water partition coefficient (Wildman–Crippen LogP) is 3.72. The second-order valence-electron chi connectivity index (χ2n) is 6.62. The number of nitrogens with zero attached hydrogens (tertiary/aromatic N) is 1. The molecule has 1 atom stereocenters. The van der Waals surface area contributed by atoms with Crippen molar-refractivity contribution >= 4 is 11.6 Å². The van der Waals surface area contributed by atoms with Gasteiger partial charge in [0.05, 0.1) is 0 Å². The molecule has 3 heteroatoms. The lowest BCUT2D eigenvalue weighted by atomic mass is 9.71. The summed E-state index contributed by atoms with van der Waals surface area (Å²) < 4.78 is 0. The average molecular weight is 295 g/mol. The molecule has 1 aliphatic rings. The van der Waals surface area contributed by atoms with Crippen LogP contribution in [-0.4, -0.2) is 30.6 Å². The largest absolute Gasteiger partial charge is 0.326 e. The third-order valence-electron chi connectivity index (χ3n) is 5.07. The van der Waals surface area contributed by atoms with E-state index in [-0.39, 0.29) is 11.6 Å². The maximum atomic E-state index is 6.63. The van der Waals surface area contributed by atoms with E-state index in [0.29, 0.717) is 0 Å². The van der Waals surface area contributed by atoms with Gasteiger partial charge in [0, 0.05) is 16.6 Å². The molecule has 0 aliphatic heterocycles. The van der Waals surface area contributed by atoms with E-state index in [2.05, 4.69) is 32.0 Å². The van der Waals surface area contributed by atoms with E-state index in [0.717, 1.165) is 17.4 Å². The number of halogens is 1. The molecule has 112 valence electrons. The van der Waals surface area contributed by atoms with Crippen LogP contribution in [0.25, 0.3) is 0 Å². The molecule has 0 saturated heterocycles. The smallest absolute Gasteiger partial charge is 0.0408 e. The molecule has 0 amide bonds. The first-order chi connectivity index (χ1) is 9.44. The number of nitrogens with two attached hydrogens (primary N) is 1. The van der Waals surface area contributed by atoms with Crippen molar-refractivity contribution in [1.82, 2.24) is 4.90 Å². The molecule has 0 heterocycles. The molecule has 0 spiro atoms. The Bertz CT molecular complexity index is 436. The molecule has 2 nitrogen and oxygen atoms in total. The van der Waals surface area contributed by atoms with Crippen LogP contribution in [0.3, 0.4) is 0 Å². The quantitative estimate of drug-likeness (QED) is 0.917. The summed E-state index contributed by atoms with van der Waals surface area (Å²) in [5.41, 5.74) is 8.00. The van der Waals surface area contributed by atoms with Gasteiger partial charge in [0.25, 0.3) is 0 Å². The van der Waals surface area contributed by atoms with Gasteiger partial charge < -0.3 is 10.6 Å². The third-order valence-corrected chi connectivity index (χ3v) is 5.30. The van der Waals surface area contributed by atoms with Crippen LogP contribution in [0.4, 0.5) is 0 Å². The van der Waals surface area contributed by atoms with Crippen LogP contribution in [0.5, 0.6) is 0 Å². The normalized spacial score (nSPS) is 28.6. The number of benzene rings is 1. The minimum Gasteiger partial charge on any atom is -0.326 e. The number of hydrogen-bond acceptors (Lipinski definition) is 2. The Kier molecular flexibility index (Phi) is 5.11. The van der Waals surface area contributed by atoms with Gasteiger partial charge in [-0.15, -0.1) is 0 Å². The monoisotopic (exact) mass is 294 g/mol. The van der Waals surface area contributed by atoms with Crippen molar-refractivity contribution in [2.24, 2.45) is 11.7 Å². The topological polar surface area (TPSA) is 29.3 Å². The minimum absolute atomic E-state index is 0.134. The highest BCUT2D eigenvalue weighted by Gasteiger charge is 2.41. The summed E-state index contributed by atoms with van der Waals surface area (Å²) in [5, 5.41) is 0.797. The van der Waals surface area contributed by atoms with Gasteiger partial charge in [-0.2, -0.15) is 0 Å². The summed E-state index contributed by atoms with van der Waals surface area (Å²) in [6, 6.07) is 8.25. The Morgan fingerprint density at radius 2 is 2.00 bits per heavy atom. The van der Waals surface area contributed by atoms with E-state index >= 15 is 0 Å². The zero-order chi connectivity index (χ0) is 14.8. The Morgan fingerprint density at radius 1 is 1.35 bits per heavy atom. The fourth-order valence-electron chi connectivity index (χ4n) is 3.52. The number of rotatable bonds is 4. The van der Waals surface area contributed by atoms with E-state index in [1.54, 1.807) is 0 Å². The van der Waals surface area contributed by atoms with Crippen molar-refractivity contribution in [1.29, 1.82) is 0 Å². The molecule has 1 aromatic rings. The van der Waals surface area contributed by atoms with Crippen LogP contribution in [0.1, 0.15) is 38.2 Å². The van der Waals surface area contributed by atoms with Crippen LogP contribution in [-0.2, 0) is 6.42 Å². The molecule has 1 fully saturated rings. The molecule has 0 radical (unpaired) electrons. The molecule has 2 N–H and O–H groups in total. The first-order valence-electron chi connectivity index (χ1n) is 7.61. The summed E-state index contributed by atoms with van der Waals surface area (Å²) in [5.74, 6) is 0.835. The van der Waals surface area contributed by atoms with Gasteiger partial charge in [-0.05, 0) is 69.8 Å². The molecular weight excluding hydrogens is 268 g/mol. The Balaban J connectivity index is 2.13. The number of likely N-dealkylation sites (N-methyl/N-ethyl adjacent to an activating group) is 1. The molecule has 20 heavy (non-hydrogen) atoms. The zero-order valence-corrected chi connectivity index (χ0v) is 13.7. The van der Waals surface area contributed by atoms with Crippen LogP contribution in [0.15, 0.2) is 24.3 Å². The fourth-order valence-corrected chi connectivity index (χ4v) is 3.73. The van der Waals surface area contributed by atoms with E-state index in [1.807, 2.05) is 18.2 Å². The Labute approximate surface area is 128 Å². The van der Waals surface area contributed by atoms with Gasteiger partial charge in [-0.25, -0.2) is 0 Å². The first-order valence-corrected chi connectivity index (χ1v) is 7.99. The van der Waals surface area contributed by atoms with Crippen molar-refractivity contribution in [3.63, 3.8) is 0 Å². The molecule has 1 unspecified atom stereocenters. The van der Waals surface area contributed by atoms with Crippen molar-refractivity contribution < 1.29 is 0 Å². The molecule has 2 rings (SSSR count). The molecule has 1 saturated carbocycles. The van der Waals surface area contributed by atoms with Gasteiger partial charge >= 0.3 is 0 Å². The first kappa shape index (κ1) is 15.8. The standard InChI is InChI=1S/C17H27ClN2/c1-13-7-9-17(10-8-13,20(2)3)16(19)12-14-5-4-6-15(18)11-14/h4-6,11,13,16H,7-10,12,19H2,1-3H3. The van der Waals surface area contributed by atoms with Gasteiger partial charge in [-0.1, -0.05) is 30.7 Å². The van der Waals surface area contributed by atoms with E-state index in [1.165, 1.54) is 31.2 Å². The second kappa shape index (κ2) is 6.46. The highest BCUT2D eigenvalue weighted by Crippen LogP contribution is 2.38. The molecule has 0 aromatic heterocycles. The van der Waals surface area contributed by atoms with E-state index in [9.17, 15) is 0 Å². The summed E-state index contributed by atoms with van der Waals surface area (Å²) in [7, 11) is 4.35. The highest BCUT2D eigenvalue weighted by atomic mass is 35.5. The van der Waals surface area contributed by atoms with Crippen molar-refractivity contribution in [3.05, 3.63) is 34.9 Å². The number of hydrogen-bond donors (Lipinski definition) is 1.